The van der Waals surface area contributed by atoms with E-state index in [9.17, 15) is 31.5 Å². The van der Waals surface area contributed by atoms with Crippen molar-refractivity contribution in [2.75, 3.05) is 5.75 Å². The van der Waals surface area contributed by atoms with Crippen LogP contribution in [-0.2, 0) is 29.6 Å². The number of aromatic nitrogens is 2. The van der Waals surface area contributed by atoms with Crippen LogP contribution in [0.25, 0.3) is 16.9 Å². The van der Waals surface area contributed by atoms with Crippen LogP contribution >= 0.6 is 23.2 Å². The third kappa shape index (κ3) is 6.72. The van der Waals surface area contributed by atoms with Crippen LogP contribution in [0.3, 0.4) is 0 Å². The van der Waals surface area contributed by atoms with Crippen LogP contribution in [0.15, 0.2) is 42.5 Å². The normalized spacial score (nSPS) is 11.7. The van der Waals surface area contributed by atoms with Gasteiger partial charge >= 0.3 is 22.3 Å². The van der Waals surface area contributed by atoms with Gasteiger partial charge in [-0.25, -0.2) is 9.48 Å². The van der Waals surface area contributed by atoms with E-state index in [1.54, 1.807) is 12.1 Å². The summed E-state index contributed by atoms with van der Waals surface area (Å²) in [6.07, 6.45) is -6.17. The molecule has 0 bridgehead atoms. The number of carbonyl (C=O) groups is 1. The van der Waals surface area contributed by atoms with Gasteiger partial charge in [0.15, 0.2) is 5.69 Å². The van der Waals surface area contributed by atoms with Gasteiger partial charge in [-0.3, -0.25) is 0 Å². The fourth-order valence-electron chi connectivity index (χ4n) is 2.96. The Morgan fingerprint density at radius 2 is 1.76 bits per heavy atom. The minimum absolute atomic E-state index is 0. The van der Waals surface area contributed by atoms with Crippen LogP contribution in [0, 0.1) is 6.92 Å². The molecule has 0 unspecified atom stereocenters. The number of alkyl halides is 3. The van der Waals surface area contributed by atoms with Crippen molar-refractivity contribution in [3.8, 4) is 22.7 Å². The zero-order chi connectivity index (χ0) is 24.6. The quantitative estimate of drug-likeness (QED) is 0.289. The van der Waals surface area contributed by atoms with Crippen LogP contribution in [0.4, 0.5) is 13.2 Å². The van der Waals surface area contributed by atoms with Crippen LogP contribution in [0.5, 0.6) is 5.75 Å². The molecule has 1 aromatic heterocycles. The van der Waals surface area contributed by atoms with E-state index in [-0.39, 0.29) is 35.9 Å². The molecule has 0 aliphatic rings. The van der Waals surface area contributed by atoms with Crippen molar-refractivity contribution < 1.29 is 55.2 Å². The van der Waals surface area contributed by atoms with Gasteiger partial charge in [-0.15, -0.1) is 0 Å². The maximum absolute atomic E-state index is 12.3. The molecule has 178 valence electrons. The molecule has 0 spiro atoms. The number of aromatic carboxylic acids is 1. The zero-order valence-corrected chi connectivity index (χ0v) is 22.7. The third-order valence-electron chi connectivity index (χ3n) is 4.45. The predicted octanol–water partition coefficient (Wildman–Crippen LogP) is 5.51. The smallest absolute Gasteiger partial charge is 0.390 e. The number of nitrogens with zero attached hydrogens (tertiary/aromatic N) is 2. The number of rotatable bonds is 7. The Labute approximate surface area is 215 Å². The molecule has 34 heavy (non-hydrogen) atoms. The minimum Gasteiger partial charge on any atom is -0.476 e. The second kappa shape index (κ2) is 10.6. The first-order chi connectivity index (χ1) is 15.3. The van der Waals surface area contributed by atoms with Crippen molar-refractivity contribution in [2.24, 2.45) is 0 Å². The van der Waals surface area contributed by atoms with Crippen LogP contribution in [-0.4, -0.2) is 41.2 Å². The van der Waals surface area contributed by atoms with E-state index < -0.39 is 34.4 Å². The Morgan fingerprint density at radius 1 is 1.15 bits per heavy atom. The van der Waals surface area contributed by atoms with Crippen molar-refractivity contribution in [3.05, 3.63) is 63.8 Å². The minimum atomic E-state index is -4.64. The number of halogens is 5. The van der Waals surface area contributed by atoms with Gasteiger partial charge in [-0.2, -0.15) is 26.7 Å². The van der Waals surface area contributed by atoms with Crippen molar-refractivity contribution >= 4 is 39.3 Å². The average Bonchev–Trinajstić information content (AvgIpc) is 3.04. The fourth-order valence-corrected chi connectivity index (χ4v) is 4.42. The molecular weight excluding hydrogens is 574 g/mol. The SMILES string of the molecule is Cc1c(C(=O)O)nn(-c2ccc(Cl)cc2Cl)c1-c1ccc(OS(=O)(=O)CCC(F)(F)F)cc1.[Zn]. The number of hydrogen-bond acceptors (Lipinski definition) is 5. The standard InChI is InChI=1S/C20H15Cl2F3N2O5S.Zn/c1-11-17(19(28)29)26-27(16-7-4-13(21)10-15(16)22)18(11)12-2-5-14(6-3-12)32-33(30,31)9-8-20(23,24)25;/h2-7,10H,8-9H2,1H3,(H,28,29);. The summed E-state index contributed by atoms with van der Waals surface area (Å²) in [6.45, 7) is 1.54. The molecule has 2 aromatic carbocycles. The average molecular weight is 589 g/mol. The van der Waals surface area contributed by atoms with E-state index in [0.717, 1.165) is 0 Å². The molecule has 0 saturated carbocycles. The van der Waals surface area contributed by atoms with Crippen LogP contribution in [0.2, 0.25) is 10.0 Å². The first-order valence-corrected chi connectivity index (χ1v) is 11.5. The van der Waals surface area contributed by atoms with E-state index in [1.807, 2.05) is 0 Å². The Hall–Kier alpha value is -2.14. The van der Waals surface area contributed by atoms with Crippen molar-refractivity contribution in [1.29, 1.82) is 0 Å². The molecule has 0 aliphatic carbocycles. The summed E-state index contributed by atoms with van der Waals surface area (Å²) < 4.78 is 66.6. The third-order valence-corrected chi connectivity index (χ3v) is 6.14. The topological polar surface area (TPSA) is 98.5 Å². The predicted molar refractivity (Wildman–Crippen MR) is 116 cm³/mol. The molecule has 0 saturated heterocycles. The van der Waals surface area contributed by atoms with E-state index in [0.29, 0.717) is 27.5 Å². The van der Waals surface area contributed by atoms with E-state index >= 15 is 0 Å². The molecule has 0 atom stereocenters. The van der Waals surface area contributed by atoms with E-state index in [1.165, 1.54) is 41.9 Å². The Balaban J connectivity index is 0.00000408. The van der Waals surface area contributed by atoms with Crippen LogP contribution < -0.4 is 4.18 Å². The molecule has 0 radical (unpaired) electrons. The first-order valence-electron chi connectivity index (χ1n) is 9.15. The molecule has 0 amide bonds. The van der Waals surface area contributed by atoms with Gasteiger partial charge in [-0.05, 0) is 49.4 Å². The van der Waals surface area contributed by atoms with Gasteiger partial charge in [0.1, 0.15) is 5.75 Å². The van der Waals surface area contributed by atoms with Gasteiger partial charge in [0.25, 0.3) is 0 Å². The number of hydrogen-bond donors (Lipinski definition) is 1. The van der Waals surface area contributed by atoms with Gasteiger partial charge in [0.05, 0.1) is 28.6 Å². The summed E-state index contributed by atoms with van der Waals surface area (Å²) in [6, 6.07) is 9.88. The van der Waals surface area contributed by atoms with E-state index in [4.69, 9.17) is 27.4 Å². The van der Waals surface area contributed by atoms with E-state index in [2.05, 4.69) is 5.10 Å². The molecule has 3 rings (SSSR count). The maximum atomic E-state index is 12.3. The molecule has 0 aliphatic heterocycles. The Bertz CT molecular complexity index is 1310. The second-order valence-corrected chi connectivity index (χ2v) is 9.40. The number of carboxylic acids is 1. The molecule has 0 fully saturated rings. The maximum Gasteiger partial charge on any atom is 0.390 e. The zero-order valence-electron chi connectivity index (χ0n) is 17.4. The van der Waals surface area contributed by atoms with Gasteiger partial charge in [-0.1, -0.05) is 23.2 Å². The summed E-state index contributed by atoms with van der Waals surface area (Å²) in [4.78, 5) is 11.6. The largest absolute Gasteiger partial charge is 0.476 e. The summed E-state index contributed by atoms with van der Waals surface area (Å²) in [5.41, 5.74) is 1.20. The number of carboxylic acid groups (broad SMARTS) is 1. The Morgan fingerprint density at radius 3 is 2.29 bits per heavy atom. The number of benzene rings is 2. The molecule has 14 heteroatoms. The summed E-state index contributed by atoms with van der Waals surface area (Å²) in [5, 5.41) is 14.2. The first kappa shape index (κ1) is 28.1. The summed E-state index contributed by atoms with van der Waals surface area (Å²) >= 11 is 12.2. The van der Waals surface area contributed by atoms with Gasteiger partial charge < -0.3 is 9.29 Å². The summed E-state index contributed by atoms with van der Waals surface area (Å²) in [7, 11) is -4.47. The molecule has 1 N–H and O–H groups in total. The van der Waals surface area contributed by atoms with Crippen molar-refractivity contribution in [3.63, 3.8) is 0 Å². The van der Waals surface area contributed by atoms with Crippen molar-refractivity contribution in [1.82, 2.24) is 9.78 Å². The summed E-state index contributed by atoms with van der Waals surface area (Å²) in [5.74, 6) is -2.69. The fraction of sp³-hybridized carbons (Fsp3) is 0.200. The molecule has 3 aromatic rings. The van der Waals surface area contributed by atoms with Crippen LogP contribution in [0.1, 0.15) is 22.5 Å². The Kier molecular flexibility index (Phi) is 8.79. The molecule has 7 nitrogen and oxygen atoms in total. The molecule has 1 heterocycles. The van der Waals surface area contributed by atoms with Gasteiger partial charge in [0.2, 0.25) is 0 Å². The second-order valence-electron chi connectivity index (χ2n) is 6.87. The molecular formula is C20H15Cl2F3N2O5SZn. The monoisotopic (exact) mass is 586 g/mol. The van der Waals surface area contributed by atoms with Crippen molar-refractivity contribution in [2.45, 2.75) is 19.5 Å². The van der Waals surface area contributed by atoms with Gasteiger partial charge in [0, 0.05) is 35.6 Å².